The first-order valence-corrected chi connectivity index (χ1v) is 8.43. The number of para-hydroxylation sites is 2. The molecule has 5 heteroatoms. The molecule has 0 bridgehead atoms. The van der Waals surface area contributed by atoms with Crippen molar-refractivity contribution in [3.63, 3.8) is 0 Å². The second-order valence-electron chi connectivity index (χ2n) is 6.89. The molecule has 1 saturated heterocycles. The Balaban J connectivity index is 1.52. The summed E-state index contributed by atoms with van der Waals surface area (Å²) < 4.78 is 29.5. The minimum Gasteiger partial charge on any atom is -0.486 e. The molecule has 128 valence electrons. The van der Waals surface area contributed by atoms with Gasteiger partial charge in [0.25, 0.3) is 0 Å². The Hall–Kier alpha value is -1.33. The van der Waals surface area contributed by atoms with Gasteiger partial charge in [-0.3, -0.25) is 4.90 Å². The van der Waals surface area contributed by atoms with Crippen LogP contribution in [0, 0.1) is 5.41 Å². The van der Waals surface area contributed by atoms with Gasteiger partial charge in [0.15, 0.2) is 11.5 Å². The fraction of sp³-hybridized carbons (Fsp3) is 0.667. The Bertz CT molecular complexity index is 513. The van der Waals surface area contributed by atoms with Gasteiger partial charge in [-0.1, -0.05) is 19.1 Å². The van der Waals surface area contributed by atoms with E-state index in [-0.39, 0.29) is 18.1 Å². The van der Waals surface area contributed by atoms with Gasteiger partial charge in [-0.25, -0.2) is 4.39 Å². The number of likely N-dealkylation sites (tertiary alicyclic amines) is 1. The zero-order valence-corrected chi connectivity index (χ0v) is 13.8. The number of nitrogens with zero attached hydrogens (tertiary/aromatic N) is 1. The van der Waals surface area contributed by atoms with Crippen LogP contribution >= 0.6 is 0 Å². The van der Waals surface area contributed by atoms with Gasteiger partial charge in [0.05, 0.1) is 13.2 Å². The van der Waals surface area contributed by atoms with Gasteiger partial charge in [-0.2, -0.15) is 0 Å². The van der Waals surface area contributed by atoms with E-state index in [2.05, 4.69) is 11.8 Å². The van der Waals surface area contributed by atoms with Crippen molar-refractivity contribution in [2.45, 2.75) is 25.9 Å². The van der Waals surface area contributed by atoms with E-state index in [1.807, 2.05) is 24.3 Å². The van der Waals surface area contributed by atoms with Crippen molar-refractivity contribution in [3.8, 4) is 11.5 Å². The van der Waals surface area contributed by atoms with Crippen LogP contribution in [-0.4, -0.2) is 57.1 Å². The molecule has 2 aliphatic heterocycles. The summed E-state index contributed by atoms with van der Waals surface area (Å²) in [6.45, 7) is 6.11. The molecule has 2 aliphatic rings. The molecule has 3 rings (SSSR count). The van der Waals surface area contributed by atoms with Crippen LogP contribution in [-0.2, 0) is 4.74 Å². The number of fused-ring (bicyclic) bond motifs is 1. The van der Waals surface area contributed by atoms with Crippen molar-refractivity contribution >= 4 is 0 Å². The van der Waals surface area contributed by atoms with Crippen molar-refractivity contribution in [3.05, 3.63) is 24.3 Å². The van der Waals surface area contributed by atoms with Crippen LogP contribution in [0.4, 0.5) is 4.39 Å². The Morgan fingerprint density at radius 2 is 2.17 bits per heavy atom. The van der Waals surface area contributed by atoms with E-state index in [0.717, 1.165) is 44.0 Å². The third-order valence-corrected chi connectivity index (χ3v) is 4.56. The molecule has 1 aromatic rings. The third kappa shape index (κ3) is 4.36. The van der Waals surface area contributed by atoms with Crippen LogP contribution in [0.15, 0.2) is 24.3 Å². The highest BCUT2D eigenvalue weighted by Gasteiger charge is 2.33. The maximum absolute atomic E-state index is 12.2. The van der Waals surface area contributed by atoms with Crippen LogP contribution in [0.3, 0.4) is 0 Å². The maximum atomic E-state index is 12.2. The minimum atomic E-state index is -0.410. The predicted molar refractivity (Wildman–Crippen MR) is 86.9 cm³/mol. The molecule has 0 N–H and O–H groups in total. The highest BCUT2D eigenvalue weighted by Crippen LogP contribution is 2.33. The molecule has 0 radical (unpaired) electrons. The van der Waals surface area contributed by atoms with Crippen molar-refractivity contribution in [1.29, 1.82) is 0 Å². The number of ether oxygens (including phenoxy) is 3. The number of alkyl halides is 1. The summed E-state index contributed by atoms with van der Waals surface area (Å²) in [4.78, 5) is 2.42. The van der Waals surface area contributed by atoms with E-state index in [4.69, 9.17) is 14.2 Å². The lowest BCUT2D eigenvalue weighted by Crippen LogP contribution is -2.49. The molecular formula is C18H26FNO3. The van der Waals surface area contributed by atoms with Crippen molar-refractivity contribution in [2.75, 3.05) is 46.1 Å². The molecule has 4 nitrogen and oxygen atoms in total. The van der Waals surface area contributed by atoms with E-state index in [9.17, 15) is 4.39 Å². The van der Waals surface area contributed by atoms with E-state index in [1.165, 1.54) is 0 Å². The average Bonchev–Trinajstić information content (AvgIpc) is 2.55. The fourth-order valence-electron chi connectivity index (χ4n) is 3.52. The molecule has 1 aromatic carbocycles. The van der Waals surface area contributed by atoms with Gasteiger partial charge in [0, 0.05) is 18.5 Å². The van der Waals surface area contributed by atoms with Crippen molar-refractivity contribution in [2.24, 2.45) is 5.41 Å². The standard InChI is InChI=1S/C18H26FNO3/c1-18(14-21-10-8-19)7-4-9-20(13-18)11-15-12-22-16-5-2-3-6-17(16)23-15/h2-3,5-6,15H,4,7-14H2,1H3. The first-order valence-electron chi connectivity index (χ1n) is 8.43. The topological polar surface area (TPSA) is 30.9 Å². The summed E-state index contributed by atoms with van der Waals surface area (Å²) in [5, 5.41) is 0. The summed E-state index contributed by atoms with van der Waals surface area (Å²) in [6, 6.07) is 7.80. The molecule has 0 saturated carbocycles. The Morgan fingerprint density at radius 1 is 1.35 bits per heavy atom. The highest BCUT2D eigenvalue weighted by molar-refractivity contribution is 5.40. The Morgan fingerprint density at radius 3 is 3.00 bits per heavy atom. The zero-order valence-electron chi connectivity index (χ0n) is 13.8. The lowest BCUT2D eigenvalue weighted by atomic mass is 9.82. The van der Waals surface area contributed by atoms with Gasteiger partial charge in [-0.05, 0) is 31.5 Å². The van der Waals surface area contributed by atoms with E-state index in [1.54, 1.807) is 0 Å². The normalized spacial score (nSPS) is 27.8. The second kappa shape index (κ2) is 7.49. The monoisotopic (exact) mass is 323 g/mol. The second-order valence-corrected chi connectivity index (χ2v) is 6.89. The summed E-state index contributed by atoms with van der Waals surface area (Å²) in [6.07, 6.45) is 2.32. The molecule has 0 spiro atoms. The Kier molecular flexibility index (Phi) is 5.38. The summed E-state index contributed by atoms with van der Waals surface area (Å²) >= 11 is 0. The molecule has 2 unspecified atom stereocenters. The zero-order chi connectivity index (χ0) is 16.1. The van der Waals surface area contributed by atoms with Gasteiger partial charge in [-0.15, -0.1) is 0 Å². The first kappa shape index (κ1) is 16.5. The molecular weight excluding hydrogens is 297 g/mol. The van der Waals surface area contributed by atoms with E-state index < -0.39 is 6.67 Å². The number of halogens is 1. The number of rotatable bonds is 6. The largest absolute Gasteiger partial charge is 0.486 e. The first-order chi connectivity index (χ1) is 11.2. The maximum Gasteiger partial charge on any atom is 0.161 e. The molecule has 0 aromatic heterocycles. The summed E-state index contributed by atoms with van der Waals surface area (Å²) in [7, 11) is 0. The molecule has 0 aliphatic carbocycles. The number of benzene rings is 1. The van der Waals surface area contributed by atoms with Gasteiger partial charge >= 0.3 is 0 Å². The lowest BCUT2D eigenvalue weighted by Gasteiger charge is -2.41. The molecule has 23 heavy (non-hydrogen) atoms. The number of hydrogen-bond acceptors (Lipinski definition) is 4. The van der Waals surface area contributed by atoms with E-state index in [0.29, 0.717) is 13.2 Å². The smallest absolute Gasteiger partial charge is 0.161 e. The van der Waals surface area contributed by atoms with Crippen molar-refractivity contribution in [1.82, 2.24) is 4.90 Å². The SMILES string of the molecule is CC1(COCCF)CCCN(CC2COc3ccccc3O2)C1. The summed E-state index contributed by atoms with van der Waals surface area (Å²) in [5.41, 5.74) is 0.0981. The summed E-state index contributed by atoms with van der Waals surface area (Å²) in [5.74, 6) is 1.65. The fourth-order valence-corrected chi connectivity index (χ4v) is 3.52. The van der Waals surface area contributed by atoms with Crippen LogP contribution in [0.2, 0.25) is 0 Å². The van der Waals surface area contributed by atoms with Gasteiger partial charge in [0.1, 0.15) is 19.4 Å². The minimum absolute atomic E-state index is 0.0546. The molecule has 0 amide bonds. The number of hydrogen-bond donors (Lipinski definition) is 0. The molecule has 1 fully saturated rings. The van der Waals surface area contributed by atoms with Crippen LogP contribution in [0.1, 0.15) is 19.8 Å². The van der Waals surface area contributed by atoms with Crippen molar-refractivity contribution < 1.29 is 18.6 Å². The Labute approximate surface area is 137 Å². The van der Waals surface area contributed by atoms with E-state index >= 15 is 0 Å². The third-order valence-electron chi connectivity index (χ3n) is 4.56. The number of piperidine rings is 1. The molecule has 2 heterocycles. The van der Waals surface area contributed by atoms with Crippen LogP contribution < -0.4 is 9.47 Å². The van der Waals surface area contributed by atoms with Gasteiger partial charge < -0.3 is 14.2 Å². The quantitative estimate of drug-likeness (QED) is 0.753. The van der Waals surface area contributed by atoms with Crippen LogP contribution in [0.5, 0.6) is 11.5 Å². The predicted octanol–water partition coefficient (Wildman–Crippen LogP) is 2.91. The van der Waals surface area contributed by atoms with Crippen LogP contribution in [0.25, 0.3) is 0 Å². The average molecular weight is 323 g/mol. The highest BCUT2D eigenvalue weighted by atomic mass is 19.1. The molecule has 2 atom stereocenters. The lowest BCUT2D eigenvalue weighted by molar-refractivity contribution is -0.0170. The van der Waals surface area contributed by atoms with Gasteiger partial charge in [0.2, 0.25) is 0 Å².